The highest BCUT2D eigenvalue weighted by Crippen LogP contribution is 2.24. The van der Waals surface area contributed by atoms with Crippen LogP contribution in [-0.4, -0.2) is 51.6 Å². The molecule has 1 fully saturated rings. The van der Waals surface area contributed by atoms with Crippen LogP contribution >= 0.6 is 0 Å². The van der Waals surface area contributed by atoms with Gasteiger partial charge in [0.2, 0.25) is 0 Å². The van der Waals surface area contributed by atoms with Crippen molar-refractivity contribution in [2.24, 2.45) is 0 Å². The van der Waals surface area contributed by atoms with Crippen LogP contribution in [0.25, 0.3) is 11.0 Å². The minimum atomic E-state index is -0.250. The number of pyridine rings is 3. The molecule has 10 heteroatoms. The summed E-state index contributed by atoms with van der Waals surface area (Å²) in [6, 6.07) is 8.26. The van der Waals surface area contributed by atoms with Gasteiger partial charge in [0, 0.05) is 37.4 Å². The SMILES string of the molecule is CCc1cc2ncc(CNC3CC(Nc4ccc(C(=O)NC)nc4)C3)cc2[nH]c1=O.O=CO. The zero-order valence-corrected chi connectivity index (χ0v) is 18.6. The zero-order chi connectivity index (χ0) is 23.8. The van der Waals surface area contributed by atoms with Crippen LogP contribution in [0.2, 0.25) is 0 Å². The second kappa shape index (κ2) is 11.2. The van der Waals surface area contributed by atoms with Crippen LogP contribution in [0.5, 0.6) is 0 Å². The molecule has 1 saturated carbocycles. The maximum Gasteiger partial charge on any atom is 0.290 e. The van der Waals surface area contributed by atoms with E-state index in [0.717, 1.165) is 40.7 Å². The summed E-state index contributed by atoms with van der Waals surface area (Å²) < 4.78 is 0. The topological polar surface area (TPSA) is 149 Å². The molecule has 1 aliphatic carbocycles. The summed E-state index contributed by atoms with van der Waals surface area (Å²) in [7, 11) is 1.59. The van der Waals surface area contributed by atoms with Gasteiger partial charge in [-0.2, -0.15) is 0 Å². The van der Waals surface area contributed by atoms with E-state index in [1.54, 1.807) is 19.3 Å². The van der Waals surface area contributed by atoms with Crippen LogP contribution in [0, 0.1) is 0 Å². The minimum absolute atomic E-state index is 0.0392. The Morgan fingerprint density at radius 3 is 2.61 bits per heavy atom. The van der Waals surface area contributed by atoms with Crippen molar-refractivity contribution in [2.75, 3.05) is 12.4 Å². The zero-order valence-electron chi connectivity index (χ0n) is 18.6. The minimum Gasteiger partial charge on any atom is -0.483 e. The van der Waals surface area contributed by atoms with Gasteiger partial charge in [0.1, 0.15) is 5.69 Å². The van der Waals surface area contributed by atoms with E-state index >= 15 is 0 Å². The lowest BCUT2D eigenvalue weighted by molar-refractivity contribution is -0.122. The fraction of sp³-hybridized carbons (Fsp3) is 0.348. The number of H-pyrrole nitrogens is 1. The summed E-state index contributed by atoms with van der Waals surface area (Å²) in [6.45, 7) is 2.42. The Balaban J connectivity index is 0.000000968. The molecule has 3 heterocycles. The largest absolute Gasteiger partial charge is 0.483 e. The van der Waals surface area contributed by atoms with Crippen molar-refractivity contribution in [3.8, 4) is 0 Å². The molecule has 33 heavy (non-hydrogen) atoms. The lowest BCUT2D eigenvalue weighted by Crippen LogP contribution is -2.47. The smallest absolute Gasteiger partial charge is 0.290 e. The molecule has 0 unspecified atom stereocenters. The summed E-state index contributed by atoms with van der Waals surface area (Å²) in [5.74, 6) is -0.187. The third kappa shape index (κ3) is 6.13. The van der Waals surface area contributed by atoms with E-state index in [9.17, 15) is 9.59 Å². The summed E-state index contributed by atoms with van der Waals surface area (Å²) in [5.41, 5.74) is 4.69. The van der Waals surface area contributed by atoms with Crippen molar-refractivity contribution >= 4 is 29.1 Å². The van der Waals surface area contributed by atoms with E-state index in [-0.39, 0.29) is 17.9 Å². The number of nitrogens with one attached hydrogen (secondary N) is 4. The van der Waals surface area contributed by atoms with Crippen molar-refractivity contribution in [1.82, 2.24) is 25.6 Å². The molecule has 3 aromatic rings. The maximum atomic E-state index is 12.0. The average Bonchev–Trinajstić information content (AvgIpc) is 2.80. The molecule has 5 N–H and O–H groups in total. The normalized spacial score (nSPS) is 16.8. The Labute approximate surface area is 190 Å². The first-order valence-electron chi connectivity index (χ1n) is 10.7. The third-order valence-corrected chi connectivity index (χ3v) is 5.53. The molecular weight excluding hydrogens is 424 g/mol. The number of aromatic nitrogens is 3. The molecule has 1 aliphatic rings. The molecule has 0 atom stereocenters. The molecule has 0 aromatic carbocycles. The van der Waals surface area contributed by atoms with Crippen molar-refractivity contribution in [1.29, 1.82) is 0 Å². The van der Waals surface area contributed by atoms with Crippen LogP contribution in [-0.2, 0) is 17.8 Å². The van der Waals surface area contributed by atoms with Gasteiger partial charge >= 0.3 is 0 Å². The lowest BCUT2D eigenvalue weighted by atomic mass is 9.86. The molecule has 0 radical (unpaired) electrons. The predicted octanol–water partition coefficient (Wildman–Crippen LogP) is 1.67. The fourth-order valence-corrected chi connectivity index (χ4v) is 3.67. The second-order valence-electron chi connectivity index (χ2n) is 7.76. The summed E-state index contributed by atoms with van der Waals surface area (Å²) in [4.78, 5) is 43.5. The number of hydrogen-bond acceptors (Lipinski definition) is 7. The summed E-state index contributed by atoms with van der Waals surface area (Å²) in [6.07, 6.45) is 6.27. The number of amides is 1. The van der Waals surface area contributed by atoms with Gasteiger partial charge in [0.15, 0.2) is 0 Å². The molecule has 0 bridgehead atoms. The van der Waals surface area contributed by atoms with E-state index < -0.39 is 0 Å². The Kier molecular flexibility index (Phi) is 8.09. The monoisotopic (exact) mass is 452 g/mol. The number of carboxylic acid groups (broad SMARTS) is 1. The fourth-order valence-electron chi connectivity index (χ4n) is 3.67. The standard InChI is InChI=1S/C22H26N6O2.CH2O2/c1-3-14-7-19-20(28-21(14)29)6-13(11-25-19)10-24-16-8-17(9-16)27-15-4-5-18(26-12-15)22(30)23-2;2-1-3/h4-7,11-12,16-17,24,27H,3,8-10H2,1-2H3,(H,23,30)(H,28,29);1H,(H,2,3). The van der Waals surface area contributed by atoms with E-state index in [2.05, 4.69) is 30.9 Å². The van der Waals surface area contributed by atoms with Crippen molar-refractivity contribution in [2.45, 2.75) is 44.8 Å². The molecule has 0 spiro atoms. The number of carbonyl (C=O) groups excluding carboxylic acids is 1. The van der Waals surface area contributed by atoms with Gasteiger partial charge in [-0.1, -0.05) is 6.92 Å². The van der Waals surface area contributed by atoms with Crippen LogP contribution in [0.15, 0.2) is 41.5 Å². The van der Waals surface area contributed by atoms with Crippen LogP contribution in [0.1, 0.15) is 41.4 Å². The molecule has 0 saturated heterocycles. The van der Waals surface area contributed by atoms with Gasteiger partial charge in [-0.25, -0.2) is 4.98 Å². The highest BCUT2D eigenvalue weighted by atomic mass is 16.3. The van der Waals surface area contributed by atoms with Crippen molar-refractivity contribution in [3.05, 3.63) is 63.8 Å². The van der Waals surface area contributed by atoms with Gasteiger partial charge in [0.25, 0.3) is 17.9 Å². The highest BCUT2D eigenvalue weighted by Gasteiger charge is 2.28. The number of hydrogen-bond donors (Lipinski definition) is 5. The van der Waals surface area contributed by atoms with Crippen LogP contribution in [0.3, 0.4) is 0 Å². The quantitative estimate of drug-likeness (QED) is 0.340. The molecule has 10 nitrogen and oxygen atoms in total. The maximum absolute atomic E-state index is 12.0. The number of fused-ring (bicyclic) bond motifs is 1. The number of aryl methyl sites for hydroxylation is 1. The molecule has 3 aromatic heterocycles. The first kappa shape index (κ1) is 23.9. The molecular formula is C23H28N6O4. The number of carbonyl (C=O) groups is 2. The van der Waals surface area contributed by atoms with Crippen molar-refractivity contribution < 1.29 is 14.7 Å². The molecule has 174 valence electrons. The molecule has 1 amide bonds. The molecule has 4 rings (SSSR count). The Bertz CT molecular complexity index is 1160. The van der Waals surface area contributed by atoms with E-state index in [4.69, 9.17) is 9.90 Å². The van der Waals surface area contributed by atoms with Gasteiger partial charge in [-0.05, 0) is 49.1 Å². The van der Waals surface area contributed by atoms with Crippen LogP contribution < -0.4 is 21.5 Å². The van der Waals surface area contributed by atoms with Gasteiger partial charge < -0.3 is 26.0 Å². The van der Waals surface area contributed by atoms with Gasteiger partial charge in [-0.3, -0.25) is 19.4 Å². The van der Waals surface area contributed by atoms with Gasteiger partial charge in [-0.15, -0.1) is 0 Å². The average molecular weight is 453 g/mol. The van der Waals surface area contributed by atoms with E-state index in [0.29, 0.717) is 30.7 Å². The third-order valence-electron chi connectivity index (χ3n) is 5.53. The number of nitrogens with zero attached hydrogens (tertiary/aromatic N) is 2. The van der Waals surface area contributed by atoms with Crippen LogP contribution in [0.4, 0.5) is 5.69 Å². The Hall–Kier alpha value is -3.79. The van der Waals surface area contributed by atoms with E-state index in [1.165, 1.54) is 0 Å². The van der Waals surface area contributed by atoms with E-state index in [1.807, 2.05) is 31.3 Å². The predicted molar refractivity (Wildman–Crippen MR) is 125 cm³/mol. The summed E-state index contributed by atoms with van der Waals surface area (Å²) in [5, 5.41) is 16.4. The Morgan fingerprint density at radius 1 is 1.21 bits per heavy atom. The Morgan fingerprint density at radius 2 is 1.97 bits per heavy atom. The first-order chi connectivity index (χ1) is 16.0. The number of aromatic amines is 1. The second-order valence-corrected chi connectivity index (χ2v) is 7.76. The summed E-state index contributed by atoms with van der Waals surface area (Å²) >= 11 is 0. The van der Waals surface area contributed by atoms with Gasteiger partial charge in [0.05, 0.1) is 22.9 Å². The van der Waals surface area contributed by atoms with Crippen molar-refractivity contribution in [3.63, 3.8) is 0 Å². The number of anilines is 1. The number of rotatable bonds is 7. The lowest BCUT2D eigenvalue weighted by Gasteiger charge is -2.37. The first-order valence-corrected chi connectivity index (χ1v) is 10.7. The molecule has 0 aliphatic heterocycles. The highest BCUT2D eigenvalue weighted by molar-refractivity contribution is 5.92.